The number of para-hydroxylation sites is 1. The van der Waals surface area contributed by atoms with Crippen LogP contribution in [0, 0.1) is 0 Å². The lowest BCUT2D eigenvalue weighted by Gasteiger charge is -2.13. The smallest absolute Gasteiger partial charge is 0.262 e. The Labute approximate surface area is 180 Å². The summed E-state index contributed by atoms with van der Waals surface area (Å²) in [6.45, 7) is 4.30. The van der Waals surface area contributed by atoms with Crippen molar-refractivity contribution in [3.05, 3.63) is 82.8 Å². The van der Waals surface area contributed by atoms with Gasteiger partial charge < -0.3 is 15.4 Å². The molecule has 0 aliphatic heterocycles. The van der Waals surface area contributed by atoms with E-state index in [-0.39, 0.29) is 12.5 Å². The van der Waals surface area contributed by atoms with E-state index < -0.39 is 0 Å². The highest BCUT2D eigenvalue weighted by Gasteiger charge is 2.09. The predicted molar refractivity (Wildman–Crippen MR) is 123 cm³/mol. The first-order valence-corrected chi connectivity index (χ1v) is 10.5. The highest BCUT2D eigenvalue weighted by Crippen LogP contribution is 2.30. The highest BCUT2D eigenvalue weighted by molar-refractivity contribution is 9.10. The van der Waals surface area contributed by atoms with Gasteiger partial charge in [0.15, 0.2) is 6.61 Å². The fourth-order valence-electron chi connectivity index (χ4n) is 2.84. The van der Waals surface area contributed by atoms with Gasteiger partial charge in [0, 0.05) is 17.1 Å². The molecule has 2 N–H and O–H groups in total. The number of anilines is 3. The molecular weight excluding hydrogens is 428 g/mol. The molecule has 29 heavy (non-hydrogen) atoms. The van der Waals surface area contributed by atoms with Crippen molar-refractivity contribution in [3.8, 4) is 5.75 Å². The molecule has 0 saturated heterocycles. The Hall–Kier alpha value is -2.79. The minimum atomic E-state index is -0.202. The molecule has 5 heteroatoms. The Morgan fingerprint density at radius 2 is 1.62 bits per heavy atom. The maximum Gasteiger partial charge on any atom is 0.262 e. The number of hydrogen-bond donors (Lipinski definition) is 2. The van der Waals surface area contributed by atoms with Crippen LogP contribution in [0.4, 0.5) is 17.1 Å². The summed E-state index contributed by atoms with van der Waals surface area (Å²) in [5.41, 5.74) is 3.95. The first-order chi connectivity index (χ1) is 14.0. The lowest BCUT2D eigenvalue weighted by Crippen LogP contribution is -2.20. The Kier molecular flexibility index (Phi) is 7.30. The minimum absolute atomic E-state index is 0.0503. The number of amides is 1. The summed E-state index contributed by atoms with van der Waals surface area (Å²) in [7, 11) is 0. The van der Waals surface area contributed by atoms with Crippen LogP contribution in [0.1, 0.15) is 31.7 Å². The van der Waals surface area contributed by atoms with Crippen molar-refractivity contribution >= 4 is 38.9 Å². The van der Waals surface area contributed by atoms with Gasteiger partial charge in [-0.3, -0.25) is 4.79 Å². The van der Waals surface area contributed by atoms with E-state index in [2.05, 4.69) is 46.5 Å². The van der Waals surface area contributed by atoms with Crippen molar-refractivity contribution in [1.82, 2.24) is 0 Å². The molecule has 150 valence electrons. The van der Waals surface area contributed by atoms with Crippen molar-refractivity contribution in [2.45, 2.75) is 26.2 Å². The van der Waals surface area contributed by atoms with E-state index in [0.717, 1.165) is 28.0 Å². The van der Waals surface area contributed by atoms with Crippen molar-refractivity contribution in [1.29, 1.82) is 0 Å². The fourth-order valence-corrected chi connectivity index (χ4v) is 3.35. The zero-order chi connectivity index (χ0) is 20.6. The van der Waals surface area contributed by atoms with Gasteiger partial charge in [0.25, 0.3) is 5.91 Å². The lowest BCUT2D eigenvalue weighted by molar-refractivity contribution is -0.118. The minimum Gasteiger partial charge on any atom is -0.483 e. The summed E-state index contributed by atoms with van der Waals surface area (Å²) in [5.74, 6) is 0.948. The quantitative estimate of drug-likeness (QED) is 0.398. The Balaban J connectivity index is 1.52. The van der Waals surface area contributed by atoms with Crippen molar-refractivity contribution < 1.29 is 9.53 Å². The molecular formula is C24H25BrN2O2. The fraction of sp³-hybridized carbons (Fsp3) is 0.208. The van der Waals surface area contributed by atoms with Gasteiger partial charge in [0.05, 0.1) is 4.47 Å². The van der Waals surface area contributed by atoms with Gasteiger partial charge in [-0.2, -0.15) is 0 Å². The van der Waals surface area contributed by atoms with Gasteiger partial charge in [0.2, 0.25) is 0 Å². The normalized spacial score (nSPS) is 11.6. The molecule has 1 atom stereocenters. The zero-order valence-corrected chi connectivity index (χ0v) is 18.2. The molecule has 0 heterocycles. The third kappa shape index (κ3) is 6.09. The number of benzene rings is 3. The molecule has 3 rings (SSSR count). The largest absolute Gasteiger partial charge is 0.483 e. The number of halogens is 1. The van der Waals surface area contributed by atoms with Crippen LogP contribution in [0.25, 0.3) is 0 Å². The Bertz CT molecular complexity index is 943. The number of carbonyl (C=O) groups excluding carboxylic acids is 1. The molecule has 4 nitrogen and oxygen atoms in total. The van der Waals surface area contributed by atoms with E-state index in [1.54, 1.807) is 0 Å². The Morgan fingerprint density at radius 3 is 2.28 bits per heavy atom. The molecule has 0 spiro atoms. The zero-order valence-electron chi connectivity index (χ0n) is 16.6. The first kappa shape index (κ1) is 20.9. The molecule has 0 aliphatic carbocycles. The maximum absolute atomic E-state index is 12.2. The molecule has 1 amide bonds. The molecule has 0 radical (unpaired) electrons. The summed E-state index contributed by atoms with van der Waals surface area (Å²) < 4.78 is 6.53. The summed E-state index contributed by atoms with van der Waals surface area (Å²) in [6.07, 6.45) is 1.08. The monoisotopic (exact) mass is 452 g/mol. The topological polar surface area (TPSA) is 50.4 Å². The number of hydrogen-bond acceptors (Lipinski definition) is 3. The molecule has 3 aromatic carbocycles. The van der Waals surface area contributed by atoms with Crippen LogP contribution in [-0.2, 0) is 4.79 Å². The second kappa shape index (κ2) is 10.1. The van der Waals surface area contributed by atoms with Crippen LogP contribution in [0.2, 0.25) is 0 Å². The van der Waals surface area contributed by atoms with Crippen molar-refractivity contribution in [3.63, 3.8) is 0 Å². The standard InChI is InChI=1S/C24H25BrN2O2/c1-3-17(2)18-9-14-23(22(25)15-18)29-16-24(28)27-21-12-10-20(11-13-21)26-19-7-5-4-6-8-19/h4-15,17,26H,3,16H2,1-2H3,(H,27,28). The van der Waals surface area contributed by atoms with Crippen LogP contribution in [0.15, 0.2) is 77.3 Å². The Morgan fingerprint density at radius 1 is 0.966 bits per heavy atom. The average Bonchev–Trinajstić information content (AvgIpc) is 2.74. The van der Waals surface area contributed by atoms with Gasteiger partial charge in [-0.05, 0) is 82.4 Å². The molecule has 0 bridgehead atoms. The van der Waals surface area contributed by atoms with Crippen LogP contribution in [0.5, 0.6) is 5.75 Å². The third-order valence-electron chi connectivity index (χ3n) is 4.73. The number of ether oxygens (including phenoxy) is 1. The number of carbonyl (C=O) groups is 1. The van der Waals surface area contributed by atoms with Crippen LogP contribution in [-0.4, -0.2) is 12.5 Å². The summed E-state index contributed by atoms with van der Waals surface area (Å²) in [4.78, 5) is 12.2. The van der Waals surface area contributed by atoms with Crippen molar-refractivity contribution in [2.24, 2.45) is 0 Å². The van der Waals surface area contributed by atoms with Crippen LogP contribution < -0.4 is 15.4 Å². The number of rotatable bonds is 8. The number of nitrogens with one attached hydrogen (secondary N) is 2. The maximum atomic E-state index is 12.2. The molecule has 0 aliphatic rings. The van der Waals surface area contributed by atoms with Gasteiger partial charge in [-0.15, -0.1) is 0 Å². The van der Waals surface area contributed by atoms with E-state index >= 15 is 0 Å². The van der Waals surface area contributed by atoms with E-state index in [4.69, 9.17) is 4.74 Å². The summed E-state index contributed by atoms with van der Waals surface area (Å²) >= 11 is 3.53. The lowest BCUT2D eigenvalue weighted by atomic mass is 9.99. The second-order valence-electron chi connectivity index (χ2n) is 6.90. The molecule has 0 saturated carbocycles. The summed E-state index contributed by atoms with van der Waals surface area (Å²) in [5, 5.41) is 6.17. The third-order valence-corrected chi connectivity index (χ3v) is 5.35. The predicted octanol–water partition coefficient (Wildman–Crippen LogP) is 6.72. The van der Waals surface area contributed by atoms with Gasteiger partial charge >= 0.3 is 0 Å². The van der Waals surface area contributed by atoms with Crippen LogP contribution >= 0.6 is 15.9 Å². The average molecular weight is 453 g/mol. The molecule has 1 unspecified atom stereocenters. The van der Waals surface area contributed by atoms with Gasteiger partial charge in [0.1, 0.15) is 5.75 Å². The van der Waals surface area contributed by atoms with E-state index in [1.165, 1.54) is 5.56 Å². The van der Waals surface area contributed by atoms with E-state index in [9.17, 15) is 4.79 Å². The SMILES string of the molecule is CCC(C)c1ccc(OCC(=O)Nc2ccc(Nc3ccccc3)cc2)c(Br)c1. The van der Waals surface area contributed by atoms with E-state index in [1.807, 2.05) is 66.7 Å². The molecule has 3 aromatic rings. The molecule has 0 fully saturated rings. The highest BCUT2D eigenvalue weighted by atomic mass is 79.9. The summed E-state index contributed by atoms with van der Waals surface area (Å²) in [6, 6.07) is 23.5. The van der Waals surface area contributed by atoms with Crippen molar-refractivity contribution in [2.75, 3.05) is 17.2 Å². The first-order valence-electron chi connectivity index (χ1n) is 9.69. The van der Waals surface area contributed by atoms with E-state index in [0.29, 0.717) is 11.7 Å². The molecule has 0 aromatic heterocycles. The van der Waals surface area contributed by atoms with Crippen LogP contribution in [0.3, 0.4) is 0 Å². The van der Waals surface area contributed by atoms with Gasteiger partial charge in [-0.1, -0.05) is 38.1 Å². The van der Waals surface area contributed by atoms with Gasteiger partial charge in [-0.25, -0.2) is 0 Å². The second-order valence-corrected chi connectivity index (χ2v) is 7.76.